The Morgan fingerprint density at radius 3 is 2.23 bits per heavy atom. The first-order chi connectivity index (χ1) is 18.8. The maximum Gasteiger partial charge on any atom is 0.432 e. The second-order valence-corrected chi connectivity index (χ2v) is 8.41. The van der Waals surface area contributed by atoms with Gasteiger partial charge in [0.1, 0.15) is 18.5 Å². The molecule has 0 unspecified atom stereocenters. The number of ketones is 1. The fraction of sp³-hybridized carbons (Fsp3) is 0.370. The molecule has 0 N–H and O–H groups in total. The highest BCUT2D eigenvalue weighted by Crippen LogP contribution is 2.52. The van der Waals surface area contributed by atoms with Gasteiger partial charge in [0, 0.05) is 7.11 Å². The number of carbonyl (C=O) groups excluding carboxylic acids is 3. The molecule has 2 amide bonds. The van der Waals surface area contributed by atoms with Crippen molar-refractivity contribution in [3.8, 4) is 17.2 Å². The van der Waals surface area contributed by atoms with Crippen LogP contribution in [0.4, 0.5) is 14.0 Å². The first-order valence-electron chi connectivity index (χ1n) is 12.2. The number of halogens is 1. The lowest BCUT2D eigenvalue weighted by molar-refractivity contribution is -0.158. The van der Waals surface area contributed by atoms with Gasteiger partial charge in [-0.2, -0.15) is 10.0 Å². The Bertz CT molecular complexity index is 1300. The number of Topliss-reactive ketones (excluding diaryl/α,β-unsaturated/α-hetero) is 1. The quantitative estimate of drug-likeness (QED) is 0.446. The smallest absolute Gasteiger partial charge is 0.432 e. The van der Waals surface area contributed by atoms with E-state index in [-0.39, 0.29) is 48.2 Å². The van der Waals surface area contributed by atoms with Gasteiger partial charge in [0.2, 0.25) is 17.3 Å². The van der Waals surface area contributed by atoms with Gasteiger partial charge in [-0.3, -0.25) is 4.79 Å². The van der Waals surface area contributed by atoms with E-state index in [1.807, 2.05) is 0 Å². The maximum absolute atomic E-state index is 14.4. The number of hydrogen-bond acceptors (Lipinski definition) is 9. The van der Waals surface area contributed by atoms with Gasteiger partial charge in [-0.15, -0.1) is 0 Å². The van der Waals surface area contributed by atoms with Crippen LogP contribution in [0.1, 0.15) is 41.4 Å². The van der Waals surface area contributed by atoms with Crippen LogP contribution in [0.2, 0.25) is 0 Å². The second kappa shape index (κ2) is 11.2. The number of hydrogen-bond donors (Lipinski definition) is 0. The Labute approximate surface area is 224 Å². The largest absolute Gasteiger partial charge is 0.493 e. The number of hydrazine groups is 1. The van der Waals surface area contributed by atoms with Gasteiger partial charge >= 0.3 is 12.2 Å². The van der Waals surface area contributed by atoms with Crippen LogP contribution in [0.25, 0.3) is 0 Å². The molecule has 0 radical (unpaired) electrons. The third-order valence-electron chi connectivity index (χ3n) is 6.33. The van der Waals surface area contributed by atoms with Gasteiger partial charge in [0.15, 0.2) is 11.5 Å². The van der Waals surface area contributed by atoms with Crippen molar-refractivity contribution in [1.29, 1.82) is 0 Å². The standard InChI is InChI=1S/C27H29FN2O9/c1-6-37-25(32)29-19-12-13-27(36-5,30(29)26(33)38-7-2)24(31)21-18(19)14-20(34-3)22(35-4)23(21)39-15-16-8-10-17(28)11-9-16/h8-14,19H,6-7,15H2,1-5H3/t19-,27-/m1/s1. The monoisotopic (exact) mass is 544 g/mol. The lowest BCUT2D eigenvalue weighted by atomic mass is 9.95. The van der Waals surface area contributed by atoms with E-state index < -0.39 is 35.6 Å². The Hall–Kier alpha value is -4.32. The maximum atomic E-state index is 14.4. The van der Waals surface area contributed by atoms with Gasteiger partial charge in [-0.05, 0) is 49.2 Å². The van der Waals surface area contributed by atoms with Crippen LogP contribution in [-0.2, 0) is 20.8 Å². The lowest BCUT2D eigenvalue weighted by Crippen LogP contribution is -2.66. The van der Waals surface area contributed by atoms with Crippen molar-refractivity contribution in [2.75, 3.05) is 34.5 Å². The summed E-state index contributed by atoms with van der Waals surface area (Å²) < 4.78 is 46.8. The minimum Gasteiger partial charge on any atom is -0.493 e. The molecule has 39 heavy (non-hydrogen) atoms. The molecule has 5 rings (SSSR count). The molecule has 0 saturated carbocycles. The summed E-state index contributed by atoms with van der Waals surface area (Å²) in [5.41, 5.74) is -1.26. The first-order valence-corrected chi connectivity index (χ1v) is 12.2. The predicted molar refractivity (Wildman–Crippen MR) is 134 cm³/mol. The number of amides is 2. The summed E-state index contributed by atoms with van der Waals surface area (Å²) in [5.74, 6) is -0.844. The van der Waals surface area contributed by atoms with Gasteiger partial charge in [-0.25, -0.2) is 14.0 Å². The minimum atomic E-state index is -2.13. The van der Waals surface area contributed by atoms with Crippen LogP contribution in [0.5, 0.6) is 17.2 Å². The van der Waals surface area contributed by atoms with Crippen molar-refractivity contribution in [1.82, 2.24) is 10.0 Å². The van der Waals surface area contributed by atoms with Crippen LogP contribution in [-0.4, -0.2) is 68.3 Å². The number of rotatable bonds is 8. The summed E-state index contributed by atoms with van der Waals surface area (Å²) >= 11 is 0. The van der Waals surface area contributed by atoms with Gasteiger partial charge < -0.3 is 28.4 Å². The highest BCUT2D eigenvalue weighted by Gasteiger charge is 2.59. The SMILES string of the molecule is CCOC(=O)N1[C@@H]2C=C[C@@](OC)(C(=O)c3c2cc(OC)c(OC)c3OCc2ccc(F)cc2)N1C(=O)OCC. The van der Waals surface area contributed by atoms with Crippen molar-refractivity contribution in [3.63, 3.8) is 0 Å². The van der Waals surface area contributed by atoms with Crippen molar-refractivity contribution >= 4 is 18.0 Å². The van der Waals surface area contributed by atoms with Crippen molar-refractivity contribution in [3.05, 3.63) is 65.0 Å². The average molecular weight is 545 g/mol. The van der Waals surface area contributed by atoms with Crippen molar-refractivity contribution in [2.24, 2.45) is 0 Å². The van der Waals surface area contributed by atoms with Crippen LogP contribution in [0.3, 0.4) is 0 Å². The van der Waals surface area contributed by atoms with E-state index in [1.54, 1.807) is 19.9 Å². The third kappa shape index (κ3) is 4.60. The summed E-state index contributed by atoms with van der Waals surface area (Å²) in [6.45, 7) is 3.10. The molecular weight excluding hydrogens is 515 g/mol. The molecule has 2 aliphatic heterocycles. The summed E-state index contributed by atoms with van der Waals surface area (Å²) in [7, 11) is 4.01. The molecule has 2 aromatic carbocycles. The van der Waals surface area contributed by atoms with Crippen LogP contribution in [0, 0.1) is 5.82 Å². The second-order valence-electron chi connectivity index (χ2n) is 8.41. The van der Waals surface area contributed by atoms with E-state index in [0.29, 0.717) is 5.56 Å². The van der Waals surface area contributed by atoms with Gasteiger partial charge in [-0.1, -0.05) is 18.2 Å². The van der Waals surface area contributed by atoms with Crippen LogP contribution < -0.4 is 14.2 Å². The zero-order valence-corrected chi connectivity index (χ0v) is 22.2. The molecule has 12 heteroatoms. The number of carbonyl (C=O) groups is 3. The van der Waals surface area contributed by atoms with E-state index in [2.05, 4.69) is 0 Å². The molecule has 0 saturated heterocycles. The van der Waals surface area contributed by atoms with Crippen molar-refractivity contribution in [2.45, 2.75) is 32.2 Å². The number of ether oxygens (including phenoxy) is 6. The molecule has 2 heterocycles. The molecule has 2 bridgehead atoms. The fourth-order valence-electron chi connectivity index (χ4n) is 4.61. The Kier molecular flexibility index (Phi) is 7.95. The highest BCUT2D eigenvalue weighted by molar-refractivity contribution is 6.10. The van der Waals surface area contributed by atoms with Gasteiger partial charge in [0.05, 0.1) is 33.0 Å². The molecule has 0 spiro atoms. The molecule has 0 fully saturated rings. The van der Waals surface area contributed by atoms with E-state index in [0.717, 1.165) is 10.0 Å². The molecule has 1 aliphatic carbocycles. The summed E-state index contributed by atoms with van der Waals surface area (Å²) in [6, 6.07) is 6.15. The topological polar surface area (TPSA) is 113 Å². The molecule has 11 nitrogen and oxygen atoms in total. The lowest BCUT2D eigenvalue weighted by Gasteiger charge is -2.46. The summed E-state index contributed by atoms with van der Waals surface area (Å²) in [6.07, 6.45) is 1.02. The highest BCUT2D eigenvalue weighted by atomic mass is 19.1. The molecule has 2 atom stereocenters. The van der Waals surface area contributed by atoms with E-state index in [4.69, 9.17) is 28.4 Å². The van der Waals surface area contributed by atoms with Crippen LogP contribution >= 0.6 is 0 Å². The summed E-state index contributed by atoms with van der Waals surface area (Å²) in [4.78, 5) is 40.9. The number of fused-ring (bicyclic) bond motifs is 1. The number of benzene rings is 2. The zero-order chi connectivity index (χ0) is 28.3. The molecule has 3 aliphatic rings. The van der Waals surface area contributed by atoms with E-state index >= 15 is 0 Å². The molecule has 208 valence electrons. The average Bonchev–Trinajstić information content (AvgIpc) is 3.11. The van der Waals surface area contributed by atoms with Gasteiger partial charge in [0.25, 0.3) is 0 Å². The zero-order valence-electron chi connectivity index (χ0n) is 22.2. The number of methoxy groups -OCH3 is 3. The predicted octanol–water partition coefficient (Wildman–Crippen LogP) is 4.40. The Morgan fingerprint density at radius 1 is 0.974 bits per heavy atom. The van der Waals surface area contributed by atoms with E-state index in [1.165, 1.54) is 57.7 Å². The first kappa shape index (κ1) is 27.7. The molecule has 2 aromatic rings. The fourth-order valence-corrected chi connectivity index (χ4v) is 4.61. The normalized spacial score (nSPS) is 19.3. The number of nitrogens with zero attached hydrogens (tertiary/aromatic N) is 2. The van der Waals surface area contributed by atoms with Crippen molar-refractivity contribution < 1.29 is 47.2 Å². The van der Waals surface area contributed by atoms with E-state index in [9.17, 15) is 18.8 Å². The third-order valence-corrected chi connectivity index (χ3v) is 6.33. The molecular formula is C27H29FN2O9. The Morgan fingerprint density at radius 2 is 1.64 bits per heavy atom. The van der Waals surface area contributed by atoms with Crippen LogP contribution in [0.15, 0.2) is 42.5 Å². The Balaban J connectivity index is 1.97. The minimum absolute atomic E-state index is 0.00117. The molecule has 0 aromatic heterocycles. The summed E-state index contributed by atoms with van der Waals surface area (Å²) in [5, 5.41) is 1.79.